The fourth-order valence-corrected chi connectivity index (χ4v) is 4.41. The van der Waals surface area contributed by atoms with Crippen LogP contribution in [-0.2, 0) is 25.5 Å². The number of anilines is 1. The maximum atomic E-state index is 13.1. The average molecular weight is 448 g/mol. The third-order valence-corrected chi connectivity index (χ3v) is 6.22. The molecule has 2 heterocycles. The predicted molar refractivity (Wildman–Crippen MR) is 119 cm³/mol. The van der Waals surface area contributed by atoms with Crippen LogP contribution in [0.3, 0.4) is 0 Å². The molecule has 0 aliphatic carbocycles. The second-order valence-electron chi connectivity index (χ2n) is 8.48. The molecule has 0 spiro atoms. The number of fused-ring (bicyclic) bond motifs is 1. The Morgan fingerprint density at radius 2 is 1.91 bits per heavy atom. The highest BCUT2D eigenvalue weighted by Crippen LogP contribution is 2.27. The Kier molecular flexibility index (Phi) is 9.01. The van der Waals surface area contributed by atoms with Crippen LogP contribution in [0.15, 0.2) is 24.3 Å². The van der Waals surface area contributed by atoms with Crippen LogP contribution >= 0.6 is 0 Å². The van der Waals surface area contributed by atoms with Gasteiger partial charge in [-0.05, 0) is 69.2 Å². The zero-order valence-corrected chi connectivity index (χ0v) is 18.3. The smallest absolute Gasteiger partial charge is 0.323 e. The van der Waals surface area contributed by atoms with Gasteiger partial charge in [-0.25, -0.2) is 0 Å². The summed E-state index contributed by atoms with van der Waals surface area (Å²) in [6.07, 6.45) is 4.43. The molecule has 2 atom stereocenters. The van der Waals surface area contributed by atoms with E-state index in [1.54, 1.807) is 12.1 Å². The summed E-state index contributed by atoms with van der Waals surface area (Å²) >= 11 is 0. The van der Waals surface area contributed by atoms with Gasteiger partial charge >= 0.3 is 11.9 Å². The van der Waals surface area contributed by atoms with E-state index in [1.165, 1.54) is 4.90 Å². The number of benzene rings is 1. The van der Waals surface area contributed by atoms with Crippen LogP contribution < -0.4 is 15.5 Å². The van der Waals surface area contributed by atoms with Crippen LogP contribution in [0.2, 0.25) is 0 Å². The normalized spacial score (nSPS) is 20.4. The van der Waals surface area contributed by atoms with E-state index in [9.17, 15) is 24.6 Å². The van der Waals surface area contributed by atoms with E-state index in [0.29, 0.717) is 31.1 Å². The van der Waals surface area contributed by atoms with Gasteiger partial charge in [-0.1, -0.05) is 18.2 Å². The van der Waals surface area contributed by atoms with Crippen molar-refractivity contribution in [3.8, 4) is 0 Å². The lowest BCUT2D eigenvalue weighted by molar-refractivity contribution is -0.141. The van der Waals surface area contributed by atoms with Crippen molar-refractivity contribution >= 4 is 23.5 Å². The number of hydrogen-bond donors (Lipinski definition) is 4. The van der Waals surface area contributed by atoms with Crippen LogP contribution in [0.4, 0.5) is 5.69 Å². The van der Waals surface area contributed by atoms with Gasteiger partial charge in [-0.3, -0.25) is 24.6 Å². The molecule has 2 aliphatic rings. The molecule has 0 unspecified atom stereocenters. The molecule has 176 valence electrons. The van der Waals surface area contributed by atoms with Gasteiger partial charge in [0.15, 0.2) is 0 Å². The van der Waals surface area contributed by atoms with Crippen LogP contribution in [0, 0.1) is 5.92 Å². The molecule has 1 saturated heterocycles. The van der Waals surface area contributed by atoms with Gasteiger partial charge in [0.2, 0.25) is 5.91 Å². The number of nitrogens with one attached hydrogen (secondary N) is 2. The summed E-state index contributed by atoms with van der Waals surface area (Å²) in [7, 11) is 0. The Morgan fingerprint density at radius 1 is 1.16 bits per heavy atom. The number of carboxylic acid groups (broad SMARTS) is 2. The van der Waals surface area contributed by atoms with Crippen molar-refractivity contribution in [3.63, 3.8) is 0 Å². The quantitative estimate of drug-likeness (QED) is 0.373. The summed E-state index contributed by atoms with van der Waals surface area (Å²) in [5.41, 5.74) is 1.44. The van der Waals surface area contributed by atoms with E-state index in [-0.39, 0.29) is 13.0 Å². The first kappa shape index (κ1) is 24.2. The Hall–Kier alpha value is -2.49. The van der Waals surface area contributed by atoms with E-state index in [1.807, 2.05) is 12.1 Å². The van der Waals surface area contributed by atoms with Crippen molar-refractivity contribution in [1.82, 2.24) is 10.6 Å². The minimum atomic E-state index is -1.12. The maximum Gasteiger partial charge on any atom is 0.323 e. The Bertz CT molecular complexity index is 796. The lowest BCUT2D eigenvalue weighted by Gasteiger charge is -2.27. The molecule has 0 saturated carbocycles. The van der Waals surface area contributed by atoms with Crippen LogP contribution in [0.25, 0.3) is 0 Å². The molecule has 1 aromatic carbocycles. The molecule has 9 heteroatoms. The lowest BCUT2D eigenvalue weighted by Crippen LogP contribution is -2.52. The van der Waals surface area contributed by atoms with Gasteiger partial charge < -0.3 is 20.3 Å². The van der Waals surface area contributed by atoms with Crippen molar-refractivity contribution < 1.29 is 29.3 Å². The Labute approximate surface area is 188 Å². The molecule has 2 aliphatic heterocycles. The molecule has 4 N–H and O–H groups in total. The molecule has 0 radical (unpaired) electrons. The highest BCUT2D eigenvalue weighted by Gasteiger charge is 2.34. The first-order valence-electron chi connectivity index (χ1n) is 11.3. The van der Waals surface area contributed by atoms with Gasteiger partial charge in [0.25, 0.3) is 0 Å². The van der Waals surface area contributed by atoms with Crippen molar-refractivity contribution in [2.75, 3.05) is 37.7 Å². The number of piperidine rings is 1. The Balaban J connectivity index is 1.55. The number of carbonyl (C=O) groups is 3. The number of amides is 1. The largest absolute Gasteiger partial charge is 0.480 e. The predicted octanol–water partition coefficient (Wildman–Crippen LogP) is 1.26. The molecule has 3 rings (SSSR count). The highest BCUT2D eigenvalue weighted by molar-refractivity contribution is 6.02. The topological polar surface area (TPSA) is 128 Å². The second-order valence-corrected chi connectivity index (χ2v) is 8.48. The zero-order valence-electron chi connectivity index (χ0n) is 18.3. The summed E-state index contributed by atoms with van der Waals surface area (Å²) in [4.78, 5) is 37.5. The molecule has 0 bridgehead atoms. The SMILES string of the molecule is O=C(O)CN1C(=O)[C@H](N[C@@H](CCOCCC2CCNCC2)C(=O)O)CCc2ccccc21. The van der Waals surface area contributed by atoms with E-state index < -0.39 is 36.5 Å². The van der Waals surface area contributed by atoms with Crippen molar-refractivity contribution in [2.45, 2.75) is 50.6 Å². The molecular weight excluding hydrogens is 414 g/mol. The van der Waals surface area contributed by atoms with Gasteiger partial charge in [0.05, 0.1) is 6.04 Å². The van der Waals surface area contributed by atoms with Gasteiger partial charge in [-0.15, -0.1) is 0 Å². The minimum Gasteiger partial charge on any atom is -0.480 e. The lowest BCUT2D eigenvalue weighted by atomic mass is 9.95. The first-order chi connectivity index (χ1) is 15.5. The average Bonchev–Trinajstić information content (AvgIpc) is 2.90. The van der Waals surface area contributed by atoms with Crippen molar-refractivity contribution in [3.05, 3.63) is 29.8 Å². The Morgan fingerprint density at radius 3 is 2.62 bits per heavy atom. The number of rotatable bonds is 11. The first-order valence-corrected chi connectivity index (χ1v) is 11.3. The number of aliphatic carboxylic acids is 2. The van der Waals surface area contributed by atoms with E-state index in [4.69, 9.17) is 4.74 Å². The van der Waals surface area contributed by atoms with E-state index in [2.05, 4.69) is 10.6 Å². The monoisotopic (exact) mass is 447 g/mol. The molecule has 9 nitrogen and oxygen atoms in total. The zero-order chi connectivity index (χ0) is 22.9. The number of ether oxygens (including phenoxy) is 1. The van der Waals surface area contributed by atoms with Crippen LogP contribution in [0.1, 0.15) is 37.7 Å². The third kappa shape index (κ3) is 6.75. The number of hydrogen-bond acceptors (Lipinski definition) is 6. The number of aryl methyl sites for hydroxylation is 1. The fraction of sp³-hybridized carbons (Fsp3) is 0.609. The molecule has 1 fully saturated rings. The number of carboxylic acids is 2. The summed E-state index contributed by atoms with van der Waals surface area (Å²) in [5.74, 6) is -1.94. The highest BCUT2D eigenvalue weighted by atomic mass is 16.5. The molecular formula is C23H33N3O6. The molecule has 32 heavy (non-hydrogen) atoms. The number of nitrogens with zero attached hydrogens (tertiary/aromatic N) is 1. The summed E-state index contributed by atoms with van der Waals surface area (Å²) in [5, 5.41) is 25.2. The third-order valence-electron chi connectivity index (χ3n) is 6.22. The summed E-state index contributed by atoms with van der Waals surface area (Å²) in [6, 6.07) is 5.47. The second kappa shape index (κ2) is 11.9. The van der Waals surface area contributed by atoms with Crippen molar-refractivity contribution in [1.29, 1.82) is 0 Å². The minimum absolute atomic E-state index is 0.233. The maximum absolute atomic E-state index is 13.1. The van der Waals surface area contributed by atoms with E-state index in [0.717, 1.165) is 37.9 Å². The van der Waals surface area contributed by atoms with Crippen LogP contribution in [0.5, 0.6) is 0 Å². The number of carbonyl (C=O) groups excluding carboxylic acids is 1. The standard InChI is InChI=1S/C23H33N3O6/c27-21(28)15-26-20-4-2-1-3-17(20)5-6-18(22(26)29)25-19(23(30)31)10-14-32-13-9-16-7-11-24-12-8-16/h1-4,16,18-19,24-25H,5-15H2,(H,27,28)(H,30,31)/t18-,19+/m1/s1. The van der Waals surface area contributed by atoms with Crippen LogP contribution in [-0.4, -0.2) is 73.0 Å². The van der Waals surface area contributed by atoms with Gasteiger partial charge in [0.1, 0.15) is 12.6 Å². The number of para-hydroxylation sites is 1. The van der Waals surface area contributed by atoms with Crippen molar-refractivity contribution in [2.24, 2.45) is 5.92 Å². The van der Waals surface area contributed by atoms with E-state index >= 15 is 0 Å². The molecule has 0 aromatic heterocycles. The molecule has 1 aromatic rings. The van der Waals surface area contributed by atoms with Gasteiger partial charge in [0, 0.05) is 18.9 Å². The fourth-order valence-electron chi connectivity index (χ4n) is 4.41. The summed E-state index contributed by atoms with van der Waals surface area (Å²) in [6.45, 7) is 2.49. The van der Waals surface area contributed by atoms with Gasteiger partial charge in [-0.2, -0.15) is 0 Å². The molecule has 1 amide bonds. The summed E-state index contributed by atoms with van der Waals surface area (Å²) < 4.78 is 5.69.